The van der Waals surface area contributed by atoms with Crippen LogP contribution in [0.5, 0.6) is 0 Å². The van der Waals surface area contributed by atoms with E-state index in [9.17, 15) is 0 Å². The molecule has 0 bridgehead atoms. The summed E-state index contributed by atoms with van der Waals surface area (Å²) in [7, 11) is 0. The third-order valence-electron chi connectivity index (χ3n) is 6.77. The highest BCUT2D eigenvalue weighted by Gasteiger charge is 2.26. The zero-order chi connectivity index (χ0) is 30.0. The van der Waals surface area contributed by atoms with Crippen LogP contribution in [-0.2, 0) is 0 Å². The van der Waals surface area contributed by atoms with Gasteiger partial charge in [0.05, 0.1) is 26.9 Å². The molecule has 12 unspecified atom stereocenters. The number of rotatable bonds is 20. The van der Waals surface area contributed by atoms with E-state index in [-0.39, 0.29) is 53.8 Å². The van der Waals surface area contributed by atoms with Gasteiger partial charge in [-0.1, -0.05) is 34.1 Å². The normalized spacial score (nSPS) is 21.5. The van der Waals surface area contributed by atoms with E-state index in [1.165, 1.54) is 6.42 Å². The Bertz CT molecular complexity index is 490. The monoisotopic (exact) mass is 736 g/mol. The Morgan fingerprint density at radius 2 is 0.789 bits per heavy atom. The van der Waals surface area contributed by atoms with E-state index in [2.05, 4.69) is 27.7 Å². The van der Waals surface area contributed by atoms with Gasteiger partial charge in [-0.25, -0.2) is 0 Å². The Balaban J connectivity index is 0. The molecular formula is C28H50Cl10. The zero-order valence-corrected chi connectivity index (χ0v) is 31.3. The summed E-state index contributed by atoms with van der Waals surface area (Å²) >= 11 is 62.1. The van der Waals surface area contributed by atoms with Crippen molar-refractivity contribution in [3.8, 4) is 0 Å². The first-order valence-corrected chi connectivity index (χ1v) is 18.3. The number of hydrogen-bond donors (Lipinski definition) is 0. The molecule has 0 aliphatic carbocycles. The maximum Gasteiger partial charge on any atom is 0.0514 e. The first-order chi connectivity index (χ1) is 17.5. The van der Waals surface area contributed by atoms with Crippen LogP contribution >= 0.6 is 116 Å². The molecule has 0 saturated carbocycles. The lowest BCUT2D eigenvalue weighted by atomic mass is 9.95. The molecule has 0 rings (SSSR count). The van der Waals surface area contributed by atoms with E-state index in [0.29, 0.717) is 24.7 Å². The zero-order valence-electron chi connectivity index (χ0n) is 23.8. The van der Waals surface area contributed by atoms with Gasteiger partial charge < -0.3 is 0 Å². The number of halogens is 10. The van der Waals surface area contributed by atoms with Crippen LogP contribution in [0.25, 0.3) is 0 Å². The summed E-state index contributed by atoms with van der Waals surface area (Å²) in [6.07, 6.45) is 8.80. The van der Waals surface area contributed by atoms with Gasteiger partial charge in [0.15, 0.2) is 0 Å². The van der Waals surface area contributed by atoms with Gasteiger partial charge in [0.25, 0.3) is 0 Å². The van der Waals surface area contributed by atoms with Crippen LogP contribution in [0.1, 0.15) is 106 Å². The third kappa shape index (κ3) is 23.4. The second-order valence-corrected chi connectivity index (χ2v) is 16.8. The van der Waals surface area contributed by atoms with Crippen molar-refractivity contribution < 1.29 is 0 Å². The second kappa shape index (κ2) is 25.2. The molecule has 0 aliphatic heterocycles. The molecule has 0 spiro atoms. The van der Waals surface area contributed by atoms with E-state index in [1.54, 1.807) is 0 Å². The van der Waals surface area contributed by atoms with Crippen molar-refractivity contribution in [3.05, 3.63) is 0 Å². The lowest BCUT2D eigenvalue weighted by molar-refractivity contribution is 0.448. The van der Waals surface area contributed by atoms with Gasteiger partial charge in [-0.15, -0.1) is 116 Å². The second-order valence-electron chi connectivity index (χ2n) is 10.8. The smallest absolute Gasteiger partial charge is 0.0514 e. The first kappa shape index (κ1) is 43.0. The van der Waals surface area contributed by atoms with Crippen LogP contribution in [0.2, 0.25) is 0 Å². The standard InChI is InChI=1S/C15H28Cl4.C13H22Cl6/c1-5-10(2)6-7-13(17)15(19)9-14(18)11(3)8-12(4)16;1-3-9(15)4-5-10(16)12(18)7-13(19)11(17)6-8(2)14/h10-15H,5-9H2,1-4H3;8-13H,3-7H2,1-2H3. The molecule has 10 heteroatoms. The van der Waals surface area contributed by atoms with Crippen LogP contribution in [0, 0.1) is 11.8 Å². The molecule has 0 radical (unpaired) electrons. The van der Waals surface area contributed by atoms with Gasteiger partial charge >= 0.3 is 0 Å². The lowest BCUT2D eigenvalue weighted by Gasteiger charge is -2.24. The highest BCUT2D eigenvalue weighted by atomic mass is 35.5. The number of hydrogen-bond acceptors (Lipinski definition) is 0. The SMILES string of the molecule is CCC(C)CCC(Cl)C(Cl)CC(Cl)C(C)CC(C)Cl.CCC(Cl)CCC(Cl)C(Cl)CC(Cl)C(Cl)CC(C)Cl. The van der Waals surface area contributed by atoms with Crippen LogP contribution in [0.4, 0.5) is 0 Å². The summed E-state index contributed by atoms with van der Waals surface area (Å²) in [6, 6.07) is 0. The quantitative estimate of drug-likeness (QED) is 0.109. The van der Waals surface area contributed by atoms with Gasteiger partial charge in [-0.2, -0.15) is 0 Å². The van der Waals surface area contributed by atoms with Crippen molar-refractivity contribution in [2.75, 3.05) is 0 Å². The highest BCUT2D eigenvalue weighted by Crippen LogP contribution is 2.30. The Morgan fingerprint density at radius 3 is 1.21 bits per heavy atom. The molecule has 0 aliphatic rings. The molecule has 0 heterocycles. The van der Waals surface area contributed by atoms with Crippen LogP contribution in [-0.4, -0.2) is 53.8 Å². The minimum Gasteiger partial charge on any atom is -0.123 e. The summed E-state index contributed by atoms with van der Waals surface area (Å²) in [5.41, 5.74) is 0. The third-order valence-corrected chi connectivity index (χ3v) is 11.6. The Labute approximate surface area is 285 Å². The molecule has 0 aromatic heterocycles. The van der Waals surface area contributed by atoms with Crippen LogP contribution in [0.15, 0.2) is 0 Å². The highest BCUT2D eigenvalue weighted by molar-refractivity contribution is 6.33. The minimum absolute atomic E-state index is 0.00545. The molecule has 12 atom stereocenters. The summed E-state index contributed by atoms with van der Waals surface area (Å²) in [4.78, 5) is 0. The molecule has 38 heavy (non-hydrogen) atoms. The molecule has 0 nitrogen and oxygen atoms in total. The molecular weight excluding hydrogens is 691 g/mol. The van der Waals surface area contributed by atoms with Gasteiger partial charge in [0.1, 0.15) is 0 Å². The fourth-order valence-corrected chi connectivity index (χ4v) is 6.70. The number of alkyl halides is 10. The molecule has 0 N–H and O–H groups in total. The van der Waals surface area contributed by atoms with Crippen molar-refractivity contribution in [1.29, 1.82) is 0 Å². The molecule has 0 saturated heterocycles. The van der Waals surface area contributed by atoms with Gasteiger partial charge in [-0.05, 0) is 83.5 Å². The largest absolute Gasteiger partial charge is 0.123 e. The molecule has 0 amide bonds. The summed E-state index contributed by atoms with van der Waals surface area (Å²) < 4.78 is 0. The maximum atomic E-state index is 6.40. The van der Waals surface area contributed by atoms with Gasteiger partial charge in [0.2, 0.25) is 0 Å². The molecule has 0 aromatic carbocycles. The average molecular weight is 741 g/mol. The van der Waals surface area contributed by atoms with E-state index in [1.807, 2.05) is 13.8 Å². The predicted octanol–water partition coefficient (Wildman–Crippen LogP) is 13.3. The Morgan fingerprint density at radius 1 is 0.395 bits per heavy atom. The summed E-state index contributed by atoms with van der Waals surface area (Å²) in [6.45, 7) is 12.5. The summed E-state index contributed by atoms with van der Waals surface area (Å²) in [5, 5.41) is -0.402. The average Bonchev–Trinajstić information content (AvgIpc) is 2.84. The van der Waals surface area contributed by atoms with Crippen LogP contribution < -0.4 is 0 Å². The van der Waals surface area contributed by atoms with Crippen LogP contribution in [0.3, 0.4) is 0 Å². The Kier molecular flexibility index (Phi) is 28.6. The fraction of sp³-hybridized carbons (Fsp3) is 1.00. The van der Waals surface area contributed by atoms with Gasteiger partial charge in [-0.3, -0.25) is 0 Å². The van der Waals surface area contributed by atoms with Gasteiger partial charge in [0, 0.05) is 26.9 Å². The van der Waals surface area contributed by atoms with E-state index in [0.717, 1.165) is 44.9 Å². The molecule has 0 fully saturated rings. The molecule has 232 valence electrons. The van der Waals surface area contributed by atoms with Crippen molar-refractivity contribution in [3.63, 3.8) is 0 Å². The maximum absolute atomic E-state index is 6.40. The van der Waals surface area contributed by atoms with Crippen molar-refractivity contribution >= 4 is 116 Å². The van der Waals surface area contributed by atoms with Crippen molar-refractivity contribution in [1.82, 2.24) is 0 Å². The van der Waals surface area contributed by atoms with Crippen molar-refractivity contribution in [2.45, 2.75) is 160 Å². The lowest BCUT2D eigenvalue weighted by Crippen LogP contribution is -2.26. The van der Waals surface area contributed by atoms with E-state index in [4.69, 9.17) is 116 Å². The van der Waals surface area contributed by atoms with Crippen molar-refractivity contribution in [2.24, 2.45) is 11.8 Å². The first-order valence-electron chi connectivity index (χ1n) is 14.0. The minimum atomic E-state index is -0.218. The van der Waals surface area contributed by atoms with E-state index < -0.39 is 0 Å². The predicted molar refractivity (Wildman–Crippen MR) is 184 cm³/mol. The Hall–Kier alpha value is 2.90. The summed E-state index contributed by atoms with van der Waals surface area (Å²) in [5.74, 6) is 1.08. The topological polar surface area (TPSA) is 0 Å². The van der Waals surface area contributed by atoms with E-state index >= 15 is 0 Å². The fourth-order valence-electron chi connectivity index (χ4n) is 3.78. The molecule has 0 aromatic rings.